The summed E-state index contributed by atoms with van der Waals surface area (Å²) in [5.74, 6) is -1.30. The van der Waals surface area contributed by atoms with Crippen LogP contribution in [0, 0.1) is 10.1 Å². The minimum absolute atomic E-state index is 0.0287. The van der Waals surface area contributed by atoms with Gasteiger partial charge in [-0.2, -0.15) is 0 Å². The number of amides is 3. The summed E-state index contributed by atoms with van der Waals surface area (Å²) in [7, 11) is 0. The number of carbonyl (C=O) groups is 3. The van der Waals surface area contributed by atoms with Gasteiger partial charge in [-0.3, -0.25) is 35.3 Å². The maximum Gasteiger partial charge on any atom is 0.284 e. The molecule has 134 valence electrons. The van der Waals surface area contributed by atoms with Gasteiger partial charge in [0, 0.05) is 24.6 Å². The van der Waals surface area contributed by atoms with Crippen LogP contribution in [0.4, 0.5) is 5.69 Å². The minimum atomic E-state index is -0.689. The first-order valence-corrected chi connectivity index (χ1v) is 8.48. The lowest BCUT2D eigenvalue weighted by Gasteiger charge is -2.19. The van der Waals surface area contributed by atoms with Gasteiger partial charge in [0.2, 0.25) is 5.91 Å². The molecule has 0 spiro atoms. The molecular weight excluding hydrogens is 396 g/mol. The number of hydrogen-bond acceptors (Lipinski definition) is 5. The van der Waals surface area contributed by atoms with E-state index in [1.165, 1.54) is 17.0 Å². The molecule has 0 unspecified atom stereocenters. The molecule has 1 aromatic carbocycles. The summed E-state index contributed by atoms with van der Waals surface area (Å²) in [5, 5.41) is 10.9. The normalized spacial score (nSPS) is 14.6. The number of nitro benzene ring substituents is 1. The molecule has 0 aromatic heterocycles. The second-order valence-corrected chi connectivity index (χ2v) is 6.41. The van der Waals surface area contributed by atoms with Crippen molar-refractivity contribution in [3.63, 3.8) is 0 Å². The average Bonchev–Trinajstić information content (AvgIpc) is 2.77. The second-order valence-electron chi connectivity index (χ2n) is 5.55. The Balaban J connectivity index is 1.91. The van der Waals surface area contributed by atoms with Gasteiger partial charge in [0.1, 0.15) is 6.54 Å². The SMILES string of the molecule is O=C(CN1CCCCCC1=O)NNC(=O)c1ccc(Br)c([N+](=O)[O-])c1. The van der Waals surface area contributed by atoms with E-state index in [4.69, 9.17) is 0 Å². The molecule has 1 fully saturated rings. The number of nitrogens with zero attached hydrogens (tertiary/aromatic N) is 2. The van der Waals surface area contributed by atoms with Crippen LogP contribution in [-0.2, 0) is 9.59 Å². The highest BCUT2D eigenvalue weighted by Gasteiger charge is 2.20. The molecule has 3 amide bonds. The summed E-state index contributed by atoms with van der Waals surface area (Å²) in [4.78, 5) is 47.5. The zero-order chi connectivity index (χ0) is 18.4. The second kappa shape index (κ2) is 8.56. The van der Waals surface area contributed by atoms with Crippen LogP contribution in [0.25, 0.3) is 0 Å². The highest BCUT2D eigenvalue weighted by atomic mass is 79.9. The van der Waals surface area contributed by atoms with Gasteiger partial charge in [-0.25, -0.2) is 0 Å². The third-order valence-electron chi connectivity index (χ3n) is 3.73. The zero-order valence-electron chi connectivity index (χ0n) is 13.3. The zero-order valence-corrected chi connectivity index (χ0v) is 14.9. The Morgan fingerprint density at radius 1 is 1.24 bits per heavy atom. The topological polar surface area (TPSA) is 122 Å². The number of likely N-dealkylation sites (tertiary alicyclic amines) is 1. The maximum absolute atomic E-state index is 12.0. The van der Waals surface area contributed by atoms with Crippen molar-refractivity contribution in [3.8, 4) is 0 Å². The van der Waals surface area contributed by atoms with E-state index >= 15 is 0 Å². The van der Waals surface area contributed by atoms with Crippen LogP contribution in [0.1, 0.15) is 36.0 Å². The van der Waals surface area contributed by atoms with Crippen LogP contribution in [0.15, 0.2) is 22.7 Å². The Hall–Kier alpha value is -2.49. The summed E-state index contributed by atoms with van der Waals surface area (Å²) in [6.45, 7) is 0.374. The minimum Gasteiger partial charge on any atom is -0.333 e. The van der Waals surface area contributed by atoms with E-state index in [1.807, 2.05) is 0 Å². The number of rotatable bonds is 4. The van der Waals surface area contributed by atoms with Gasteiger partial charge in [0.05, 0.1) is 9.40 Å². The van der Waals surface area contributed by atoms with Gasteiger partial charge in [0.15, 0.2) is 0 Å². The molecule has 0 radical (unpaired) electrons. The van der Waals surface area contributed by atoms with Crippen LogP contribution in [0.2, 0.25) is 0 Å². The largest absolute Gasteiger partial charge is 0.333 e. The van der Waals surface area contributed by atoms with Gasteiger partial charge in [0.25, 0.3) is 17.5 Å². The van der Waals surface area contributed by atoms with Crippen LogP contribution in [-0.4, -0.2) is 40.6 Å². The van der Waals surface area contributed by atoms with Gasteiger partial charge in [-0.05, 0) is 40.9 Å². The fourth-order valence-corrected chi connectivity index (χ4v) is 2.80. The third kappa shape index (κ3) is 5.24. The lowest BCUT2D eigenvalue weighted by molar-refractivity contribution is -0.385. The van der Waals surface area contributed by atoms with Crippen molar-refractivity contribution in [3.05, 3.63) is 38.3 Å². The Morgan fingerprint density at radius 3 is 2.72 bits per heavy atom. The lowest BCUT2D eigenvalue weighted by Crippen LogP contribution is -2.47. The van der Waals surface area contributed by atoms with Crippen molar-refractivity contribution in [2.45, 2.75) is 25.7 Å². The van der Waals surface area contributed by atoms with E-state index in [2.05, 4.69) is 26.8 Å². The summed E-state index contributed by atoms with van der Waals surface area (Å²) in [5.41, 5.74) is 4.18. The van der Waals surface area contributed by atoms with E-state index in [0.29, 0.717) is 13.0 Å². The number of nitrogens with one attached hydrogen (secondary N) is 2. The van der Waals surface area contributed by atoms with Crippen LogP contribution in [0.5, 0.6) is 0 Å². The standard InChI is InChI=1S/C15H17BrN4O5/c16-11-6-5-10(8-12(11)20(24)25)15(23)18-17-13(21)9-19-7-3-1-2-4-14(19)22/h5-6,8H,1-4,7,9H2,(H,17,21)(H,18,23). The van der Waals surface area contributed by atoms with E-state index in [1.54, 1.807) is 0 Å². The molecule has 9 nitrogen and oxygen atoms in total. The predicted molar refractivity (Wildman–Crippen MR) is 91.5 cm³/mol. The van der Waals surface area contributed by atoms with Crippen molar-refractivity contribution in [1.82, 2.24) is 15.8 Å². The van der Waals surface area contributed by atoms with Gasteiger partial charge < -0.3 is 4.90 Å². The molecular formula is C15H17BrN4O5. The molecule has 0 aliphatic carbocycles. The first kappa shape index (κ1) is 18.8. The van der Waals surface area contributed by atoms with Crippen molar-refractivity contribution >= 4 is 39.3 Å². The summed E-state index contributed by atoms with van der Waals surface area (Å²) in [6, 6.07) is 3.87. The van der Waals surface area contributed by atoms with Crippen molar-refractivity contribution in [2.75, 3.05) is 13.1 Å². The number of benzene rings is 1. The monoisotopic (exact) mass is 412 g/mol. The van der Waals surface area contributed by atoms with Crippen molar-refractivity contribution in [2.24, 2.45) is 0 Å². The van der Waals surface area contributed by atoms with E-state index in [-0.39, 0.29) is 28.2 Å². The van der Waals surface area contributed by atoms with Crippen LogP contribution < -0.4 is 10.9 Å². The van der Waals surface area contributed by atoms with Crippen molar-refractivity contribution < 1.29 is 19.3 Å². The Morgan fingerprint density at radius 2 is 2.00 bits per heavy atom. The highest BCUT2D eigenvalue weighted by molar-refractivity contribution is 9.10. The highest BCUT2D eigenvalue weighted by Crippen LogP contribution is 2.25. The smallest absolute Gasteiger partial charge is 0.284 e. The molecule has 1 aliphatic heterocycles. The first-order valence-electron chi connectivity index (χ1n) is 7.69. The molecule has 2 N–H and O–H groups in total. The molecule has 1 aromatic rings. The van der Waals surface area contributed by atoms with E-state index in [0.717, 1.165) is 25.3 Å². The van der Waals surface area contributed by atoms with Gasteiger partial charge in [-0.15, -0.1) is 0 Å². The average molecular weight is 413 g/mol. The molecule has 1 aliphatic rings. The molecule has 1 heterocycles. The van der Waals surface area contributed by atoms with Crippen molar-refractivity contribution in [1.29, 1.82) is 0 Å². The first-order chi connectivity index (χ1) is 11.9. The Labute approximate surface area is 152 Å². The van der Waals surface area contributed by atoms with E-state index in [9.17, 15) is 24.5 Å². The number of carbonyl (C=O) groups excluding carboxylic acids is 3. The number of hydrogen-bond donors (Lipinski definition) is 2. The Bertz CT molecular complexity index is 709. The molecule has 0 atom stereocenters. The molecule has 0 bridgehead atoms. The van der Waals surface area contributed by atoms with Gasteiger partial charge >= 0.3 is 0 Å². The predicted octanol–water partition coefficient (Wildman–Crippen LogP) is 1.52. The number of hydrazine groups is 1. The number of halogens is 1. The fraction of sp³-hybridized carbons (Fsp3) is 0.400. The Kier molecular flexibility index (Phi) is 6.45. The van der Waals surface area contributed by atoms with Crippen LogP contribution >= 0.6 is 15.9 Å². The molecule has 1 saturated heterocycles. The lowest BCUT2D eigenvalue weighted by atomic mass is 10.2. The molecule has 2 rings (SSSR count). The molecule has 10 heteroatoms. The van der Waals surface area contributed by atoms with Crippen LogP contribution in [0.3, 0.4) is 0 Å². The number of nitro groups is 1. The molecule has 0 saturated carbocycles. The van der Waals surface area contributed by atoms with Gasteiger partial charge in [-0.1, -0.05) is 6.42 Å². The summed E-state index contributed by atoms with van der Waals surface area (Å²) < 4.78 is 0.248. The quantitative estimate of drug-likeness (QED) is 0.573. The van der Waals surface area contributed by atoms with E-state index < -0.39 is 16.7 Å². The molecule has 25 heavy (non-hydrogen) atoms. The maximum atomic E-state index is 12.0. The summed E-state index contributed by atoms with van der Waals surface area (Å²) >= 11 is 3.03. The third-order valence-corrected chi connectivity index (χ3v) is 4.40. The summed E-state index contributed by atoms with van der Waals surface area (Å²) in [6.07, 6.45) is 3.02. The fourth-order valence-electron chi connectivity index (χ4n) is 2.41.